The first-order chi connectivity index (χ1) is 9.96. The van der Waals surface area contributed by atoms with Gasteiger partial charge in [-0.1, -0.05) is 19.9 Å². The van der Waals surface area contributed by atoms with Crippen LogP contribution in [0.3, 0.4) is 0 Å². The molecule has 0 aromatic carbocycles. The summed E-state index contributed by atoms with van der Waals surface area (Å²) in [4.78, 5) is 24.3. The Morgan fingerprint density at radius 1 is 1.38 bits per heavy atom. The Bertz CT molecular complexity index is 449. The second kappa shape index (κ2) is 7.99. The lowest BCUT2D eigenvalue weighted by Gasteiger charge is -2.32. The van der Waals surface area contributed by atoms with E-state index in [1.54, 1.807) is 0 Å². The van der Waals surface area contributed by atoms with Gasteiger partial charge in [-0.3, -0.25) is 4.79 Å². The molecule has 118 valence electrons. The van der Waals surface area contributed by atoms with Gasteiger partial charge >= 0.3 is 6.03 Å². The normalized spacial score (nSPS) is 12.7. The van der Waals surface area contributed by atoms with Crippen LogP contribution in [0.25, 0.3) is 0 Å². The van der Waals surface area contributed by atoms with E-state index in [4.69, 9.17) is 11.5 Å². The van der Waals surface area contributed by atoms with E-state index in [1.807, 2.05) is 31.4 Å². The fourth-order valence-electron chi connectivity index (χ4n) is 2.18. The Kier molecular flexibility index (Phi) is 6.64. The number of hydrogen-bond acceptors (Lipinski definition) is 4. The Balaban J connectivity index is 2.75. The number of hydrogen-bond donors (Lipinski definition) is 4. The van der Waals surface area contributed by atoms with Crippen molar-refractivity contribution in [2.75, 3.05) is 6.54 Å². The zero-order valence-electron chi connectivity index (χ0n) is 12.5. The third-order valence-electron chi connectivity index (χ3n) is 3.74. The van der Waals surface area contributed by atoms with Gasteiger partial charge in [0.05, 0.1) is 18.0 Å². The van der Waals surface area contributed by atoms with Crippen molar-refractivity contribution in [3.8, 4) is 0 Å². The van der Waals surface area contributed by atoms with Crippen molar-refractivity contribution < 1.29 is 9.59 Å². The van der Waals surface area contributed by atoms with E-state index in [-0.39, 0.29) is 17.9 Å². The average molecular weight is 312 g/mol. The highest BCUT2D eigenvalue weighted by Crippen LogP contribution is 2.23. The number of carbonyl (C=O) groups excluding carboxylic acids is 2. The molecule has 1 aromatic heterocycles. The van der Waals surface area contributed by atoms with Crippen LogP contribution in [0.1, 0.15) is 44.0 Å². The van der Waals surface area contributed by atoms with E-state index in [9.17, 15) is 9.59 Å². The number of rotatable bonds is 8. The van der Waals surface area contributed by atoms with E-state index < -0.39 is 12.1 Å². The minimum atomic E-state index is -0.641. The lowest BCUT2D eigenvalue weighted by atomic mass is 9.92. The van der Waals surface area contributed by atoms with Crippen LogP contribution in [0.5, 0.6) is 0 Å². The van der Waals surface area contributed by atoms with Crippen LogP contribution in [0.15, 0.2) is 17.5 Å². The highest BCUT2D eigenvalue weighted by molar-refractivity contribution is 7.10. The van der Waals surface area contributed by atoms with Gasteiger partial charge < -0.3 is 22.1 Å². The van der Waals surface area contributed by atoms with Gasteiger partial charge in [0, 0.05) is 11.4 Å². The van der Waals surface area contributed by atoms with Crippen molar-refractivity contribution in [2.24, 2.45) is 11.5 Å². The Hall–Kier alpha value is -1.60. The molecule has 1 atom stereocenters. The quantitative estimate of drug-likeness (QED) is 0.583. The third kappa shape index (κ3) is 5.02. The summed E-state index contributed by atoms with van der Waals surface area (Å²) in [6, 6.07) is 2.69. The number of nitrogens with two attached hydrogens (primary N) is 2. The van der Waals surface area contributed by atoms with Crippen LogP contribution in [-0.2, 0) is 4.79 Å². The lowest BCUT2D eigenvalue weighted by molar-refractivity contribution is -0.123. The number of nitrogens with one attached hydrogen (secondary N) is 2. The minimum absolute atomic E-state index is 0.142. The van der Waals surface area contributed by atoms with Crippen LogP contribution in [0.4, 0.5) is 4.79 Å². The largest absolute Gasteiger partial charge is 0.352 e. The second-order valence-corrected chi connectivity index (χ2v) is 6.00. The highest BCUT2D eigenvalue weighted by Gasteiger charge is 2.28. The molecule has 0 bridgehead atoms. The van der Waals surface area contributed by atoms with Crippen LogP contribution >= 0.6 is 11.3 Å². The van der Waals surface area contributed by atoms with E-state index in [2.05, 4.69) is 10.6 Å². The van der Waals surface area contributed by atoms with Gasteiger partial charge in [-0.25, -0.2) is 4.79 Å². The number of amides is 3. The summed E-state index contributed by atoms with van der Waals surface area (Å²) < 4.78 is 0. The fraction of sp³-hybridized carbons (Fsp3) is 0.571. The van der Waals surface area contributed by atoms with E-state index in [1.165, 1.54) is 11.3 Å². The van der Waals surface area contributed by atoms with Crippen LogP contribution in [-0.4, -0.2) is 24.0 Å². The zero-order chi connectivity index (χ0) is 15.9. The summed E-state index contributed by atoms with van der Waals surface area (Å²) in [5.41, 5.74) is 10.6. The van der Waals surface area contributed by atoms with Crippen LogP contribution in [0, 0.1) is 0 Å². The predicted octanol–water partition coefficient (Wildman–Crippen LogP) is 1.48. The monoisotopic (exact) mass is 312 g/mol. The molecule has 0 aliphatic heterocycles. The van der Waals surface area contributed by atoms with Crippen LogP contribution in [0.2, 0.25) is 0 Å². The molecule has 0 saturated carbocycles. The molecular formula is C14H24N4O2S. The highest BCUT2D eigenvalue weighted by atomic mass is 32.1. The zero-order valence-corrected chi connectivity index (χ0v) is 13.3. The fourth-order valence-corrected chi connectivity index (χ4v) is 2.96. The number of urea groups is 1. The van der Waals surface area contributed by atoms with Gasteiger partial charge in [0.15, 0.2) is 0 Å². The maximum absolute atomic E-state index is 12.3. The van der Waals surface area contributed by atoms with E-state index in [0.29, 0.717) is 6.54 Å². The van der Waals surface area contributed by atoms with Gasteiger partial charge in [-0.05, 0) is 24.3 Å². The van der Waals surface area contributed by atoms with Gasteiger partial charge in [0.2, 0.25) is 5.91 Å². The van der Waals surface area contributed by atoms with Crippen molar-refractivity contribution >= 4 is 23.3 Å². The Morgan fingerprint density at radius 2 is 2.05 bits per heavy atom. The van der Waals surface area contributed by atoms with Crippen molar-refractivity contribution in [3.05, 3.63) is 22.4 Å². The maximum atomic E-state index is 12.3. The summed E-state index contributed by atoms with van der Waals surface area (Å²) in [5.74, 6) is -0.142. The average Bonchev–Trinajstić information content (AvgIpc) is 2.98. The molecule has 3 amide bonds. The standard InChI is InChI=1S/C14H24N4O2S/c1-3-14(4-2,9-15)18-12(19)8-10(17-13(16)20)11-6-5-7-21-11/h5-7,10H,3-4,8-9,15H2,1-2H3,(H,18,19)(H3,16,17,20). The molecule has 1 unspecified atom stereocenters. The first-order valence-corrected chi connectivity index (χ1v) is 7.94. The summed E-state index contributed by atoms with van der Waals surface area (Å²) in [5, 5.41) is 7.50. The first-order valence-electron chi connectivity index (χ1n) is 7.06. The topological polar surface area (TPSA) is 110 Å². The molecule has 1 heterocycles. The Labute approximate surface area is 129 Å². The number of primary amides is 1. The molecule has 6 nitrogen and oxygen atoms in total. The van der Waals surface area contributed by atoms with Crippen molar-refractivity contribution in [3.63, 3.8) is 0 Å². The molecule has 0 radical (unpaired) electrons. The van der Waals surface area contributed by atoms with Gasteiger partial charge in [-0.15, -0.1) is 11.3 Å². The first kappa shape index (κ1) is 17.5. The number of carbonyl (C=O) groups is 2. The molecule has 0 spiro atoms. The minimum Gasteiger partial charge on any atom is -0.352 e. The maximum Gasteiger partial charge on any atom is 0.312 e. The van der Waals surface area contributed by atoms with Gasteiger partial charge in [0.1, 0.15) is 0 Å². The van der Waals surface area contributed by atoms with E-state index >= 15 is 0 Å². The molecule has 21 heavy (non-hydrogen) atoms. The summed E-state index contributed by atoms with van der Waals surface area (Å²) in [7, 11) is 0. The second-order valence-electron chi connectivity index (χ2n) is 5.02. The molecular weight excluding hydrogens is 288 g/mol. The molecule has 0 aliphatic rings. The molecule has 1 aromatic rings. The molecule has 1 rings (SSSR count). The van der Waals surface area contributed by atoms with Crippen LogP contribution < -0.4 is 22.1 Å². The van der Waals surface area contributed by atoms with Crippen molar-refractivity contribution in [2.45, 2.75) is 44.7 Å². The number of thiophene rings is 1. The molecule has 7 heteroatoms. The van der Waals surface area contributed by atoms with Gasteiger partial charge in [0.25, 0.3) is 0 Å². The molecule has 0 saturated heterocycles. The van der Waals surface area contributed by atoms with Crippen molar-refractivity contribution in [1.82, 2.24) is 10.6 Å². The summed E-state index contributed by atoms with van der Waals surface area (Å²) in [6.07, 6.45) is 1.67. The third-order valence-corrected chi connectivity index (χ3v) is 4.73. The Morgan fingerprint density at radius 3 is 2.48 bits per heavy atom. The molecule has 6 N–H and O–H groups in total. The lowest BCUT2D eigenvalue weighted by Crippen LogP contribution is -2.53. The predicted molar refractivity (Wildman–Crippen MR) is 84.9 cm³/mol. The molecule has 0 aliphatic carbocycles. The SMILES string of the molecule is CCC(CC)(CN)NC(=O)CC(NC(N)=O)c1cccs1. The summed E-state index contributed by atoms with van der Waals surface area (Å²) in [6.45, 7) is 4.38. The summed E-state index contributed by atoms with van der Waals surface area (Å²) >= 11 is 1.48. The van der Waals surface area contributed by atoms with Gasteiger partial charge in [-0.2, -0.15) is 0 Å². The molecule has 0 fully saturated rings. The van der Waals surface area contributed by atoms with Crippen molar-refractivity contribution in [1.29, 1.82) is 0 Å². The van der Waals surface area contributed by atoms with E-state index in [0.717, 1.165) is 17.7 Å². The smallest absolute Gasteiger partial charge is 0.312 e.